The SMILES string of the molecule is COc1ccccc1C(CNC(=O)Cc1ccc(F)c(Br)c1)NC(=O)c1[nH]nc(N)c1Br. The molecular formula is C21H20Br2FN5O3. The van der Waals surface area contributed by atoms with Gasteiger partial charge in [0.05, 0.1) is 28.5 Å². The third-order valence-electron chi connectivity index (χ3n) is 4.63. The third-order valence-corrected chi connectivity index (χ3v) is 6.04. The predicted molar refractivity (Wildman–Crippen MR) is 125 cm³/mol. The van der Waals surface area contributed by atoms with Gasteiger partial charge < -0.3 is 21.1 Å². The highest BCUT2D eigenvalue weighted by molar-refractivity contribution is 9.11. The number of halogens is 3. The highest BCUT2D eigenvalue weighted by atomic mass is 79.9. The maximum Gasteiger partial charge on any atom is 0.271 e. The van der Waals surface area contributed by atoms with Crippen LogP contribution in [0.25, 0.3) is 0 Å². The number of H-pyrrole nitrogens is 1. The van der Waals surface area contributed by atoms with E-state index in [4.69, 9.17) is 10.5 Å². The normalized spacial score (nSPS) is 11.6. The van der Waals surface area contributed by atoms with E-state index in [0.29, 0.717) is 21.3 Å². The summed E-state index contributed by atoms with van der Waals surface area (Å²) in [6.07, 6.45) is 0.0497. The Morgan fingerprint density at radius 1 is 1.25 bits per heavy atom. The Morgan fingerprint density at radius 2 is 2.00 bits per heavy atom. The number of hydrogen-bond donors (Lipinski definition) is 4. The average molecular weight is 569 g/mol. The second-order valence-electron chi connectivity index (χ2n) is 6.80. The quantitative estimate of drug-likeness (QED) is 0.331. The fraction of sp³-hybridized carbons (Fsp3) is 0.190. The molecule has 11 heteroatoms. The van der Waals surface area contributed by atoms with Crippen molar-refractivity contribution in [2.75, 3.05) is 19.4 Å². The molecule has 0 bridgehead atoms. The highest BCUT2D eigenvalue weighted by Crippen LogP contribution is 2.26. The molecule has 8 nitrogen and oxygen atoms in total. The van der Waals surface area contributed by atoms with Crippen LogP contribution in [-0.2, 0) is 11.2 Å². The predicted octanol–water partition coefficient (Wildman–Crippen LogP) is 3.49. The topological polar surface area (TPSA) is 122 Å². The molecule has 0 spiro atoms. The molecule has 168 valence electrons. The zero-order chi connectivity index (χ0) is 23.3. The van der Waals surface area contributed by atoms with Gasteiger partial charge in [0.2, 0.25) is 5.91 Å². The van der Waals surface area contributed by atoms with Gasteiger partial charge in [-0.3, -0.25) is 14.7 Å². The number of rotatable bonds is 8. The molecule has 5 N–H and O–H groups in total. The standard InChI is InChI=1S/C21H20Br2FN5O3/c1-32-16-5-3-2-4-12(16)15(27-21(31)19-18(23)20(25)29-28-19)10-26-17(30)9-11-6-7-14(24)13(22)8-11/h2-8,15H,9-10H2,1H3,(H,26,30)(H,27,31)(H3,25,28,29). The molecule has 0 radical (unpaired) electrons. The molecule has 1 atom stereocenters. The van der Waals surface area contributed by atoms with Gasteiger partial charge in [0.15, 0.2) is 5.82 Å². The summed E-state index contributed by atoms with van der Waals surface area (Å²) in [7, 11) is 1.52. The van der Waals surface area contributed by atoms with Crippen LogP contribution in [0.3, 0.4) is 0 Å². The number of amides is 2. The van der Waals surface area contributed by atoms with Gasteiger partial charge >= 0.3 is 0 Å². The molecule has 3 rings (SSSR count). The molecule has 1 aromatic heterocycles. The number of nitrogen functional groups attached to an aromatic ring is 1. The van der Waals surface area contributed by atoms with Crippen molar-refractivity contribution in [2.24, 2.45) is 0 Å². The Bertz CT molecular complexity index is 1140. The van der Waals surface area contributed by atoms with Gasteiger partial charge in [-0.05, 0) is 55.6 Å². The summed E-state index contributed by atoms with van der Waals surface area (Å²) in [4.78, 5) is 25.3. The van der Waals surface area contributed by atoms with Crippen LogP contribution in [0.2, 0.25) is 0 Å². The number of aromatic amines is 1. The zero-order valence-corrected chi connectivity index (χ0v) is 20.1. The molecule has 1 unspecified atom stereocenters. The summed E-state index contributed by atoms with van der Waals surface area (Å²) < 4.78 is 19.5. The van der Waals surface area contributed by atoms with Crippen molar-refractivity contribution in [2.45, 2.75) is 12.5 Å². The van der Waals surface area contributed by atoms with E-state index in [1.807, 2.05) is 0 Å². The van der Waals surface area contributed by atoms with E-state index in [1.165, 1.54) is 13.2 Å². The minimum atomic E-state index is -0.612. The number of nitrogens with zero attached hydrogens (tertiary/aromatic N) is 1. The number of methoxy groups -OCH3 is 1. The molecular weight excluding hydrogens is 549 g/mol. The minimum absolute atomic E-state index is 0.0497. The molecule has 3 aromatic rings. The number of anilines is 1. The van der Waals surface area contributed by atoms with Crippen molar-refractivity contribution >= 4 is 49.5 Å². The lowest BCUT2D eigenvalue weighted by molar-refractivity contribution is -0.120. The van der Waals surface area contributed by atoms with Crippen LogP contribution >= 0.6 is 31.9 Å². The van der Waals surface area contributed by atoms with Crippen LogP contribution < -0.4 is 21.1 Å². The van der Waals surface area contributed by atoms with Crippen molar-refractivity contribution < 1.29 is 18.7 Å². The Kier molecular flexibility index (Phi) is 7.86. The van der Waals surface area contributed by atoms with E-state index in [-0.39, 0.29) is 34.9 Å². The van der Waals surface area contributed by atoms with Crippen molar-refractivity contribution in [3.05, 3.63) is 74.0 Å². The van der Waals surface area contributed by atoms with E-state index < -0.39 is 17.8 Å². The number of carbonyl (C=O) groups is 2. The maximum atomic E-state index is 13.4. The van der Waals surface area contributed by atoms with Crippen LogP contribution in [-0.4, -0.2) is 35.7 Å². The fourth-order valence-corrected chi connectivity index (χ4v) is 3.81. The molecule has 2 aromatic carbocycles. The number of benzene rings is 2. The lowest BCUT2D eigenvalue weighted by atomic mass is 10.0. The van der Waals surface area contributed by atoms with E-state index in [2.05, 4.69) is 52.7 Å². The Balaban J connectivity index is 1.76. The molecule has 0 aliphatic heterocycles. The summed E-state index contributed by atoms with van der Waals surface area (Å²) in [6.45, 7) is 0.0918. The first kappa shape index (κ1) is 23.7. The largest absolute Gasteiger partial charge is 0.496 e. The third kappa shape index (κ3) is 5.65. The van der Waals surface area contributed by atoms with Crippen molar-refractivity contribution in [1.82, 2.24) is 20.8 Å². The van der Waals surface area contributed by atoms with Crippen molar-refractivity contribution in [1.29, 1.82) is 0 Å². The maximum absolute atomic E-state index is 13.4. The van der Waals surface area contributed by atoms with E-state index >= 15 is 0 Å². The van der Waals surface area contributed by atoms with Crippen LogP contribution in [0.15, 0.2) is 51.4 Å². The molecule has 0 fully saturated rings. The number of hydrogen-bond acceptors (Lipinski definition) is 5. The van der Waals surface area contributed by atoms with Crippen molar-refractivity contribution in [3.8, 4) is 5.75 Å². The van der Waals surface area contributed by atoms with Gasteiger partial charge in [-0.15, -0.1) is 0 Å². The summed E-state index contributed by atoms with van der Waals surface area (Å²) >= 11 is 6.34. The second-order valence-corrected chi connectivity index (χ2v) is 8.44. The van der Waals surface area contributed by atoms with Gasteiger partial charge in [0.25, 0.3) is 5.91 Å². The van der Waals surface area contributed by atoms with Gasteiger partial charge in [-0.2, -0.15) is 5.10 Å². The highest BCUT2D eigenvalue weighted by Gasteiger charge is 2.23. The van der Waals surface area contributed by atoms with Gasteiger partial charge in [-0.1, -0.05) is 24.3 Å². The van der Waals surface area contributed by atoms with Crippen LogP contribution in [0.4, 0.5) is 10.2 Å². The number of carbonyl (C=O) groups excluding carboxylic acids is 2. The first-order chi connectivity index (χ1) is 15.3. The van der Waals surface area contributed by atoms with E-state index in [9.17, 15) is 14.0 Å². The number of ether oxygens (including phenoxy) is 1. The number of aromatic nitrogens is 2. The summed E-state index contributed by atoms with van der Waals surface area (Å²) in [5, 5.41) is 12.1. The van der Waals surface area contributed by atoms with E-state index in [0.717, 1.165) is 0 Å². The minimum Gasteiger partial charge on any atom is -0.496 e. The second kappa shape index (κ2) is 10.6. The van der Waals surface area contributed by atoms with Gasteiger partial charge in [0.1, 0.15) is 17.3 Å². The van der Waals surface area contributed by atoms with Crippen molar-refractivity contribution in [3.63, 3.8) is 0 Å². The monoisotopic (exact) mass is 567 g/mol. The lowest BCUT2D eigenvalue weighted by Crippen LogP contribution is -2.38. The number of nitrogens with one attached hydrogen (secondary N) is 3. The van der Waals surface area contributed by atoms with Gasteiger partial charge in [-0.25, -0.2) is 4.39 Å². The first-order valence-corrected chi connectivity index (χ1v) is 11.0. The molecule has 32 heavy (non-hydrogen) atoms. The molecule has 2 amide bonds. The Hall–Kier alpha value is -2.92. The molecule has 1 heterocycles. The summed E-state index contributed by atoms with van der Waals surface area (Å²) in [5.74, 6) is -0.447. The van der Waals surface area contributed by atoms with Gasteiger partial charge in [0, 0.05) is 12.1 Å². The zero-order valence-electron chi connectivity index (χ0n) is 16.9. The Morgan fingerprint density at radius 3 is 2.66 bits per heavy atom. The fourth-order valence-electron chi connectivity index (χ4n) is 3.03. The van der Waals surface area contributed by atoms with Crippen LogP contribution in [0.1, 0.15) is 27.7 Å². The molecule has 0 saturated heterocycles. The smallest absolute Gasteiger partial charge is 0.271 e. The number of para-hydroxylation sites is 1. The summed E-state index contributed by atoms with van der Waals surface area (Å²) in [6, 6.07) is 10.9. The number of nitrogens with two attached hydrogens (primary N) is 1. The lowest BCUT2D eigenvalue weighted by Gasteiger charge is -2.22. The first-order valence-electron chi connectivity index (χ1n) is 9.44. The molecule has 0 aliphatic rings. The molecule has 0 aliphatic carbocycles. The Labute approximate surface area is 200 Å². The van der Waals surface area contributed by atoms with Crippen LogP contribution in [0.5, 0.6) is 5.75 Å². The molecule has 0 saturated carbocycles. The average Bonchev–Trinajstić information content (AvgIpc) is 3.12. The van der Waals surface area contributed by atoms with Crippen LogP contribution in [0, 0.1) is 5.82 Å². The summed E-state index contributed by atoms with van der Waals surface area (Å²) in [5.41, 5.74) is 7.16. The van der Waals surface area contributed by atoms with E-state index in [1.54, 1.807) is 36.4 Å².